The third kappa shape index (κ3) is 5.71. The van der Waals surface area contributed by atoms with Crippen molar-refractivity contribution in [3.63, 3.8) is 0 Å². The molecule has 150 valence electrons. The van der Waals surface area contributed by atoms with Gasteiger partial charge in [-0.1, -0.05) is 48.5 Å². The van der Waals surface area contributed by atoms with Gasteiger partial charge in [0, 0.05) is 16.6 Å². The number of anilines is 1. The Balaban J connectivity index is 1.85. The number of ether oxygens (including phenoxy) is 2. The van der Waals surface area contributed by atoms with Gasteiger partial charge >= 0.3 is 6.61 Å². The topological polar surface area (TPSA) is 47.6 Å². The lowest BCUT2D eigenvalue weighted by Crippen LogP contribution is -2.19. The van der Waals surface area contributed by atoms with Gasteiger partial charge in [0.05, 0.1) is 7.11 Å². The first kappa shape index (κ1) is 20.7. The standard InChI is InChI=1S/C22H19F2NO3S/c1-27-18-13-12-16(14-19(18)28-22(23)24)25-21(26)20(15-8-4-2-5-9-15)29-17-10-6-3-7-11-17/h2-14,20,22H,1H3,(H,25,26). The minimum atomic E-state index is -3.00. The Bertz CT molecular complexity index is 939. The van der Waals surface area contributed by atoms with E-state index in [0.29, 0.717) is 5.69 Å². The molecule has 0 fully saturated rings. The number of amides is 1. The molecule has 1 amide bonds. The van der Waals surface area contributed by atoms with Gasteiger partial charge in [0.2, 0.25) is 5.91 Å². The van der Waals surface area contributed by atoms with Crippen molar-refractivity contribution in [2.45, 2.75) is 16.8 Å². The number of thioether (sulfide) groups is 1. The Morgan fingerprint density at radius 2 is 1.59 bits per heavy atom. The average molecular weight is 415 g/mol. The van der Waals surface area contributed by atoms with Crippen LogP contribution in [0.2, 0.25) is 0 Å². The normalized spacial score (nSPS) is 11.7. The molecule has 0 heterocycles. The molecule has 1 atom stereocenters. The molecule has 0 saturated heterocycles. The van der Waals surface area contributed by atoms with Gasteiger partial charge in [-0.05, 0) is 29.8 Å². The predicted molar refractivity (Wildman–Crippen MR) is 110 cm³/mol. The number of methoxy groups -OCH3 is 1. The summed E-state index contributed by atoms with van der Waals surface area (Å²) in [6.45, 7) is -3.00. The molecule has 0 aromatic heterocycles. The number of benzene rings is 3. The lowest BCUT2D eigenvalue weighted by Gasteiger charge is -2.18. The van der Waals surface area contributed by atoms with Crippen LogP contribution >= 0.6 is 11.8 Å². The quantitative estimate of drug-likeness (QED) is 0.475. The summed E-state index contributed by atoms with van der Waals surface area (Å²) in [5, 5.41) is 2.26. The van der Waals surface area contributed by atoms with E-state index in [0.717, 1.165) is 10.5 Å². The van der Waals surface area contributed by atoms with Gasteiger partial charge in [-0.25, -0.2) is 0 Å². The second kappa shape index (κ2) is 9.93. The number of hydrogen-bond donors (Lipinski definition) is 1. The summed E-state index contributed by atoms with van der Waals surface area (Å²) in [5.74, 6) is -0.271. The fourth-order valence-electron chi connectivity index (χ4n) is 2.69. The molecule has 1 N–H and O–H groups in total. The number of hydrogen-bond acceptors (Lipinski definition) is 4. The van der Waals surface area contributed by atoms with Crippen LogP contribution in [0, 0.1) is 0 Å². The van der Waals surface area contributed by atoms with Crippen molar-refractivity contribution < 1.29 is 23.0 Å². The minimum Gasteiger partial charge on any atom is -0.493 e. The molecule has 0 radical (unpaired) electrons. The number of rotatable bonds is 8. The second-order valence-corrected chi connectivity index (χ2v) is 7.13. The van der Waals surface area contributed by atoms with Crippen molar-refractivity contribution in [1.82, 2.24) is 0 Å². The van der Waals surface area contributed by atoms with Gasteiger partial charge in [0.15, 0.2) is 11.5 Å². The largest absolute Gasteiger partial charge is 0.493 e. The van der Waals surface area contributed by atoms with Gasteiger partial charge in [-0.3, -0.25) is 4.79 Å². The van der Waals surface area contributed by atoms with Crippen molar-refractivity contribution in [2.75, 3.05) is 12.4 Å². The molecule has 7 heteroatoms. The molecule has 1 unspecified atom stereocenters. The summed E-state index contributed by atoms with van der Waals surface area (Å²) in [5.41, 5.74) is 1.16. The van der Waals surface area contributed by atoms with Gasteiger partial charge in [-0.2, -0.15) is 8.78 Å². The van der Waals surface area contributed by atoms with E-state index >= 15 is 0 Å². The average Bonchev–Trinajstić information content (AvgIpc) is 2.73. The van der Waals surface area contributed by atoms with E-state index in [1.807, 2.05) is 60.7 Å². The maximum Gasteiger partial charge on any atom is 0.387 e. The van der Waals surface area contributed by atoms with Crippen LogP contribution in [0.4, 0.5) is 14.5 Å². The van der Waals surface area contributed by atoms with Crippen LogP contribution in [-0.4, -0.2) is 19.6 Å². The molecular formula is C22H19F2NO3S. The third-order valence-corrected chi connectivity index (χ3v) is 5.25. The molecule has 3 aromatic carbocycles. The molecule has 4 nitrogen and oxygen atoms in total. The van der Waals surface area contributed by atoms with Crippen molar-refractivity contribution in [1.29, 1.82) is 0 Å². The van der Waals surface area contributed by atoms with E-state index in [-0.39, 0.29) is 17.4 Å². The highest BCUT2D eigenvalue weighted by Crippen LogP contribution is 2.37. The SMILES string of the molecule is COc1ccc(NC(=O)C(Sc2ccccc2)c2ccccc2)cc1OC(F)F. The second-order valence-electron chi connectivity index (χ2n) is 5.96. The van der Waals surface area contributed by atoms with Crippen molar-refractivity contribution in [3.05, 3.63) is 84.4 Å². The number of alkyl halides is 2. The molecule has 0 saturated carbocycles. The lowest BCUT2D eigenvalue weighted by atomic mass is 10.1. The summed E-state index contributed by atoms with van der Waals surface area (Å²) >= 11 is 1.40. The maximum atomic E-state index is 13.1. The van der Waals surface area contributed by atoms with E-state index in [2.05, 4.69) is 10.1 Å². The summed E-state index contributed by atoms with van der Waals surface area (Å²) < 4.78 is 34.8. The van der Waals surface area contributed by atoms with E-state index in [9.17, 15) is 13.6 Å². The van der Waals surface area contributed by atoms with Crippen LogP contribution in [-0.2, 0) is 4.79 Å². The molecule has 0 aliphatic carbocycles. The number of nitrogens with one attached hydrogen (secondary N) is 1. The fraction of sp³-hybridized carbons (Fsp3) is 0.136. The Labute approximate surface area is 171 Å². The number of carbonyl (C=O) groups is 1. The smallest absolute Gasteiger partial charge is 0.387 e. The van der Waals surface area contributed by atoms with E-state index in [1.54, 1.807) is 6.07 Å². The Hall–Kier alpha value is -3.06. The fourth-order valence-corrected chi connectivity index (χ4v) is 3.73. The van der Waals surface area contributed by atoms with E-state index < -0.39 is 11.9 Å². The Morgan fingerprint density at radius 3 is 2.21 bits per heavy atom. The third-order valence-electron chi connectivity index (χ3n) is 3.98. The molecule has 0 aliphatic rings. The van der Waals surface area contributed by atoms with Crippen LogP contribution in [0.3, 0.4) is 0 Å². The molecule has 0 bridgehead atoms. The molecule has 0 aliphatic heterocycles. The van der Waals surface area contributed by atoms with Gasteiger partial charge in [0.1, 0.15) is 5.25 Å². The zero-order valence-corrected chi connectivity index (χ0v) is 16.4. The maximum absolute atomic E-state index is 13.1. The van der Waals surface area contributed by atoms with Gasteiger partial charge in [0.25, 0.3) is 0 Å². The summed E-state index contributed by atoms with van der Waals surface area (Å²) in [7, 11) is 1.36. The van der Waals surface area contributed by atoms with E-state index in [1.165, 1.54) is 31.0 Å². The number of halogens is 2. The first-order valence-corrected chi connectivity index (χ1v) is 9.65. The minimum absolute atomic E-state index is 0.146. The van der Waals surface area contributed by atoms with Crippen LogP contribution in [0.15, 0.2) is 83.8 Å². The first-order chi connectivity index (χ1) is 14.1. The predicted octanol–water partition coefficient (Wildman–Crippen LogP) is 5.77. The molecule has 3 aromatic rings. The van der Waals surface area contributed by atoms with Crippen LogP contribution < -0.4 is 14.8 Å². The first-order valence-electron chi connectivity index (χ1n) is 8.77. The summed E-state index contributed by atoms with van der Waals surface area (Å²) in [6.07, 6.45) is 0. The van der Waals surface area contributed by atoms with Crippen LogP contribution in [0.25, 0.3) is 0 Å². The lowest BCUT2D eigenvalue weighted by molar-refractivity contribution is -0.115. The highest BCUT2D eigenvalue weighted by atomic mass is 32.2. The van der Waals surface area contributed by atoms with Crippen LogP contribution in [0.5, 0.6) is 11.5 Å². The van der Waals surface area contributed by atoms with Gasteiger partial charge in [-0.15, -0.1) is 11.8 Å². The number of carbonyl (C=O) groups excluding carboxylic acids is 1. The van der Waals surface area contributed by atoms with Crippen molar-refractivity contribution in [2.24, 2.45) is 0 Å². The molecule has 29 heavy (non-hydrogen) atoms. The van der Waals surface area contributed by atoms with Crippen LogP contribution in [0.1, 0.15) is 10.8 Å². The van der Waals surface area contributed by atoms with Crippen molar-refractivity contribution >= 4 is 23.4 Å². The molecular weight excluding hydrogens is 396 g/mol. The highest BCUT2D eigenvalue weighted by molar-refractivity contribution is 8.00. The zero-order valence-electron chi connectivity index (χ0n) is 15.5. The summed E-state index contributed by atoms with van der Waals surface area (Å²) in [6, 6.07) is 23.3. The Morgan fingerprint density at radius 1 is 0.931 bits per heavy atom. The van der Waals surface area contributed by atoms with E-state index in [4.69, 9.17) is 4.74 Å². The Kier molecular flexibility index (Phi) is 7.08. The summed E-state index contributed by atoms with van der Waals surface area (Å²) in [4.78, 5) is 14.0. The molecule has 3 rings (SSSR count). The van der Waals surface area contributed by atoms with Crippen molar-refractivity contribution in [3.8, 4) is 11.5 Å². The molecule has 0 spiro atoms. The zero-order chi connectivity index (χ0) is 20.6. The van der Waals surface area contributed by atoms with Gasteiger partial charge < -0.3 is 14.8 Å². The highest BCUT2D eigenvalue weighted by Gasteiger charge is 2.23. The monoisotopic (exact) mass is 415 g/mol.